The number of aryl methyl sites for hydroxylation is 2. The number of piperidine rings is 1. The summed E-state index contributed by atoms with van der Waals surface area (Å²) in [7, 11) is 0. The average Bonchev–Trinajstić information content (AvgIpc) is 2.66. The molecule has 6 nitrogen and oxygen atoms in total. The first-order valence-corrected chi connectivity index (χ1v) is 9.25. The van der Waals surface area contributed by atoms with Gasteiger partial charge in [0, 0.05) is 25.2 Å². The minimum Gasteiger partial charge on any atom is -0.507 e. The molecule has 142 valence electrons. The van der Waals surface area contributed by atoms with Crippen LogP contribution < -0.4 is 5.32 Å². The highest BCUT2D eigenvalue weighted by atomic mass is 35.5. The number of phenols is 1. The van der Waals surface area contributed by atoms with Gasteiger partial charge in [-0.05, 0) is 56.0 Å². The number of pyridine rings is 1. The summed E-state index contributed by atoms with van der Waals surface area (Å²) in [5.74, 6) is 0.00501. The van der Waals surface area contributed by atoms with Gasteiger partial charge in [-0.3, -0.25) is 9.59 Å². The molecular formula is C20H22ClN3O3. The van der Waals surface area contributed by atoms with Gasteiger partial charge in [0.15, 0.2) is 0 Å². The minimum absolute atomic E-state index is 0.0271. The molecule has 0 radical (unpaired) electrons. The predicted octanol–water partition coefficient (Wildman–Crippen LogP) is 3.55. The number of hydrogen-bond donors (Lipinski definition) is 2. The van der Waals surface area contributed by atoms with E-state index in [0.717, 1.165) is 5.56 Å². The fourth-order valence-corrected chi connectivity index (χ4v) is 3.43. The van der Waals surface area contributed by atoms with Crippen molar-refractivity contribution in [2.24, 2.45) is 5.92 Å². The Morgan fingerprint density at radius 2 is 1.93 bits per heavy atom. The van der Waals surface area contributed by atoms with Gasteiger partial charge in [0.1, 0.15) is 11.6 Å². The zero-order valence-electron chi connectivity index (χ0n) is 15.3. The Morgan fingerprint density at radius 1 is 1.22 bits per heavy atom. The molecule has 1 saturated heterocycles. The van der Waals surface area contributed by atoms with Gasteiger partial charge < -0.3 is 15.3 Å². The number of benzene rings is 1. The maximum absolute atomic E-state index is 12.8. The highest BCUT2D eigenvalue weighted by Gasteiger charge is 2.29. The topological polar surface area (TPSA) is 82.5 Å². The molecule has 0 bridgehead atoms. The second-order valence-corrected chi connectivity index (χ2v) is 7.33. The van der Waals surface area contributed by atoms with Crippen molar-refractivity contribution in [3.63, 3.8) is 0 Å². The van der Waals surface area contributed by atoms with E-state index in [1.54, 1.807) is 30.0 Å². The first-order chi connectivity index (χ1) is 12.8. The third-order valence-corrected chi connectivity index (χ3v) is 5.03. The first-order valence-electron chi connectivity index (χ1n) is 8.87. The Bertz CT molecular complexity index is 860. The number of nitrogens with zero attached hydrogens (tertiary/aromatic N) is 2. The molecule has 2 N–H and O–H groups in total. The molecule has 2 amide bonds. The van der Waals surface area contributed by atoms with Gasteiger partial charge in [-0.2, -0.15) is 0 Å². The SMILES string of the molecule is Cc1cc(C)c(O)c(C(=O)N2CCC(C(=O)Nc3ccc(Cl)cn3)CC2)c1. The van der Waals surface area contributed by atoms with Crippen LogP contribution in [0.2, 0.25) is 5.02 Å². The molecule has 1 fully saturated rings. The van der Waals surface area contributed by atoms with Crippen LogP contribution in [-0.2, 0) is 4.79 Å². The van der Waals surface area contributed by atoms with Crippen LogP contribution in [0, 0.1) is 19.8 Å². The molecule has 1 aliphatic heterocycles. The van der Waals surface area contributed by atoms with E-state index in [1.165, 1.54) is 6.20 Å². The van der Waals surface area contributed by atoms with E-state index in [0.29, 0.717) is 47.9 Å². The number of nitrogens with one attached hydrogen (secondary N) is 1. The summed E-state index contributed by atoms with van der Waals surface area (Å²) in [6, 6.07) is 6.87. The van der Waals surface area contributed by atoms with Crippen LogP contribution in [0.4, 0.5) is 5.82 Å². The third kappa shape index (κ3) is 4.39. The fraction of sp³-hybridized carbons (Fsp3) is 0.350. The lowest BCUT2D eigenvalue weighted by Crippen LogP contribution is -2.41. The highest BCUT2D eigenvalue weighted by molar-refractivity contribution is 6.30. The number of carbonyl (C=O) groups is 2. The predicted molar refractivity (Wildman–Crippen MR) is 104 cm³/mol. The Hall–Kier alpha value is -2.60. The first kappa shape index (κ1) is 19.2. The Labute approximate surface area is 163 Å². The van der Waals surface area contributed by atoms with Crippen molar-refractivity contribution in [2.45, 2.75) is 26.7 Å². The highest BCUT2D eigenvalue weighted by Crippen LogP contribution is 2.27. The van der Waals surface area contributed by atoms with Crippen molar-refractivity contribution in [1.29, 1.82) is 0 Å². The van der Waals surface area contributed by atoms with Crippen LogP contribution in [0.15, 0.2) is 30.5 Å². The number of hydrogen-bond acceptors (Lipinski definition) is 4. The lowest BCUT2D eigenvalue weighted by Gasteiger charge is -2.31. The summed E-state index contributed by atoms with van der Waals surface area (Å²) < 4.78 is 0. The van der Waals surface area contributed by atoms with Crippen molar-refractivity contribution < 1.29 is 14.7 Å². The molecule has 3 rings (SSSR count). The molecule has 27 heavy (non-hydrogen) atoms. The Balaban J connectivity index is 1.60. The van der Waals surface area contributed by atoms with Gasteiger partial charge in [0.25, 0.3) is 5.91 Å². The molecule has 1 aliphatic rings. The van der Waals surface area contributed by atoms with Crippen LogP contribution in [-0.4, -0.2) is 39.9 Å². The molecule has 7 heteroatoms. The number of phenolic OH excluding ortho intramolecular Hbond substituents is 1. The quantitative estimate of drug-likeness (QED) is 0.843. The van der Waals surface area contributed by atoms with Crippen molar-refractivity contribution in [3.05, 3.63) is 52.2 Å². The van der Waals surface area contributed by atoms with Gasteiger partial charge in [-0.1, -0.05) is 17.7 Å². The molecule has 0 saturated carbocycles. The number of amides is 2. The zero-order chi connectivity index (χ0) is 19.6. The van der Waals surface area contributed by atoms with Crippen molar-refractivity contribution in [3.8, 4) is 5.75 Å². The molecule has 2 aromatic rings. The van der Waals surface area contributed by atoms with Crippen LogP contribution in [0.25, 0.3) is 0 Å². The van der Waals surface area contributed by atoms with Gasteiger partial charge >= 0.3 is 0 Å². The fourth-order valence-electron chi connectivity index (χ4n) is 3.32. The molecular weight excluding hydrogens is 366 g/mol. The molecule has 0 aliphatic carbocycles. The van der Waals surface area contributed by atoms with Crippen LogP contribution in [0.3, 0.4) is 0 Å². The van der Waals surface area contributed by atoms with Gasteiger partial charge in [-0.25, -0.2) is 4.98 Å². The molecule has 1 aromatic heterocycles. The van der Waals surface area contributed by atoms with Crippen LogP contribution in [0.1, 0.15) is 34.3 Å². The van der Waals surface area contributed by atoms with Crippen LogP contribution in [0.5, 0.6) is 5.75 Å². The van der Waals surface area contributed by atoms with Gasteiger partial charge in [-0.15, -0.1) is 0 Å². The summed E-state index contributed by atoms with van der Waals surface area (Å²) >= 11 is 5.79. The summed E-state index contributed by atoms with van der Waals surface area (Å²) in [6.45, 7) is 4.61. The summed E-state index contributed by atoms with van der Waals surface area (Å²) in [6.07, 6.45) is 2.61. The van der Waals surface area contributed by atoms with Crippen LogP contribution >= 0.6 is 11.6 Å². The van der Waals surface area contributed by atoms with Gasteiger partial charge in [0.2, 0.25) is 5.91 Å². The normalized spacial score (nSPS) is 14.9. The number of anilines is 1. The van der Waals surface area contributed by atoms with E-state index in [1.807, 2.05) is 13.0 Å². The lowest BCUT2D eigenvalue weighted by molar-refractivity contribution is -0.121. The summed E-state index contributed by atoms with van der Waals surface area (Å²) in [4.78, 5) is 30.9. The second kappa shape index (κ2) is 7.96. The molecule has 2 heterocycles. The van der Waals surface area contributed by atoms with E-state index in [9.17, 15) is 14.7 Å². The van der Waals surface area contributed by atoms with E-state index in [2.05, 4.69) is 10.3 Å². The number of aromatic hydroxyl groups is 1. The van der Waals surface area contributed by atoms with E-state index < -0.39 is 0 Å². The third-order valence-electron chi connectivity index (χ3n) is 4.81. The van der Waals surface area contributed by atoms with Gasteiger partial charge in [0.05, 0.1) is 10.6 Å². The Morgan fingerprint density at radius 3 is 2.56 bits per heavy atom. The second-order valence-electron chi connectivity index (χ2n) is 6.90. The average molecular weight is 388 g/mol. The zero-order valence-corrected chi connectivity index (χ0v) is 16.1. The van der Waals surface area contributed by atoms with Crippen molar-refractivity contribution in [1.82, 2.24) is 9.88 Å². The number of aromatic nitrogens is 1. The molecule has 0 atom stereocenters. The van der Waals surface area contributed by atoms with E-state index in [4.69, 9.17) is 11.6 Å². The Kier molecular flexibility index (Phi) is 5.65. The molecule has 0 unspecified atom stereocenters. The maximum atomic E-state index is 12.8. The van der Waals surface area contributed by atoms with E-state index in [-0.39, 0.29) is 23.5 Å². The molecule has 0 spiro atoms. The summed E-state index contributed by atoms with van der Waals surface area (Å²) in [5, 5.41) is 13.5. The standard InChI is InChI=1S/C20H22ClN3O3/c1-12-9-13(2)18(25)16(10-12)20(27)24-7-5-14(6-8-24)19(26)23-17-4-3-15(21)11-22-17/h3-4,9-11,14,25H,5-8H2,1-2H3,(H,22,23,26). The summed E-state index contributed by atoms with van der Waals surface area (Å²) in [5.41, 5.74) is 1.93. The van der Waals surface area contributed by atoms with E-state index >= 15 is 0 Å². The minimum atomic E-state index is -0.197. The number of likely N-dealkylation sites (tertiary alicyclic amines) is 1. The maximum Gasteiger partial charge on any atom is 0.257 e. The largest absolute Gasteiger partial charge is 0.507 e. The molecule has 1 aromatic carbocycles. The lowest BCUT2D eigenvalue weighted by atomic mass is 9.95. The van der Waals surface area contributed by atoms with Crippen molar-refractivity contribution in [2.75, 3.05) is 18.4 Å². The number of halogens is 1. The number of rotatable bonds is 3. The number of carbonyl (C=O) groups excluding carboxylic acids is 2. The van der Waals surface area contributed by atoms with Crippen molar-refractivity contribution >= 4 is 29.2 Å². The smallest absolute Gasteiger partial charge is 0.257 e. The monoisotopic (exact) mass is 387 g/mol.